The molecule has 3 aromatic rings. The minimum Gasteiger partial charge on any atom is -0.266 e. The van der Waals surface area contributed by atoms with E-state index >= 15 is 0 Å². The van der Waals surface area contributed by atoms with Crippen LogP contribution in [-0.4, -0.2) is 14.8 Å². The number of pyridine rings is 1. The molecule has 0 aliphatic heterocycles. The lowest BCUT2D eigenvalue weighted by molar-refractivity contribution is 0.317. The van der Waals surface area contributed by atoms with Crippen molar-refractivity contribution >= 4 is 23.4 Å². The highest BCUT2D eigenvalue weighted by molar-refractivity contribution is 7.98. The topological polar surface area (TPSA) is 47.8 Å². The zero-order valence-electron chi connectivity index (χ0n) is 15.6. The summed E-state index contributed by atoms with van der Waals surface area (Å²) in [4.78, 5) is 17.8. The number of hydrogen-bond acceptors (Lipinski definition) is 4. The van der Waals surface area contributed by atoms with Gasteiger partial charge in [0.2, 0.25) is 0 Å². The highest BCUT2D eigenvalue weighted by atomic mass is 35.5. The summed E-state index contributed by atoms with van der Waals surface area (Å²) in [6.45, 7) is 0. The second-order valence-corrected chi connectivity index (χ2v) is 8.46. The van der Waals surface area contributed by atoms with Gasteiger partial charge in [-0.15, -0.1) is 11.8 Å². The van der Waals surface area contributed by atoms with E-state index in [4.69, 9.17) is 11.6 Å². The van der Waals surface area contributed by atoms with Gasteiger partial charge in [-0.25, -0.2) is 4.68 Å². The smallest absolute Gasteiger partial charge is 0.266 e. The molecule has 2 heterocycles. The summed E-state index contributed by atoms with van der Waals surface area (Å²) in [5, 5.41) is 4.71. The summed E-state index contributed by atoms with van der Waals surface area (Å²) in [5.41, 5.74) is 3.02. The number of aromatic nitrogens is 3. The molecular formula is C22H22ClN3OS. The first-order valence-corrected chi connectivity index (χ1v) is 11.0. The molecule has 1 fully saturated rings. The van der Waals surface area contributed by atoms with E-state index in [0.29, 0.717) is 0 Å². The molecule has 0 radical (unpaired) electrons. The Bertz CT molecular complexity index is 1000. The van der Waals surface area contributed by atoms with Crippen LogP contribution >= 0.6 is 23.4 Å². The van der Waals surface area contributed by atoms with Crippen molar-refractivity contribution in [3.63, 3.8) is 0 Å². The van der Waals surface area contributed by atoms with Gasteiger partial charge in [-0.3, -0.25) is 9.78 Å². The molecule has 1 aliphatic rings. The molecule has 6 heteroatoms. The van der Waals surface area contributed by atoms with Gasteiger partial charge in [0.15, 0.2) is 0 Å². The van der Waals surface area contributed by atoms with Crippen molar-refractivity contribution in [3.8, 4) is 11.3 Å². The highest BCUT2D eigenvalue weighted by Gasteiger charge is 2.20. The van der Waals surface area contributed by atoms with Gasteiger partial charge in [0, 0.05) is 17.5 Å². The van der Waals surface area contributed by atoms with Crippen molar-refractivity contribution in [2.45, 2.75) is 48.8 Å². The number of thioether (sulfide) groups is 1. The molecule has 28 heavy (non-hydrogen) atoms. The number of hydrogen-bond donors (Lipinski definition) is 0. The van der Waals surface area contributed by atoms with Crippen LogP contribution in [0.1, 0.15) is 43.7 Å². The third-order valence-electron chi connectivity index (χ3n) is 5.11. The molecule has 0 atom stereocenters. The lowest BCUT2D eigenvalue weighted by Gasteiger charge is -2.23. The number of benzene rings is 1. The second kappa shape index (κ2) is 8.93. The molecule has 1 aliphatic carbocycles. The largest absolute Gasteiger partial charge is 0.286 e. The Labute approximate surface area is 174 Å². The van der Waals surface area contributed by atoms with Crippen LogP contribution in [0, 0.1) is 0 Å². The molecule has 0 N–H and O–H groups in total. The molecular weight excluding hydrogens is 390 g/mol. The molecule has 4 rings (SSSR count). The van der Waals surface area contributed by atoms with Crippen LogP contribution in [0.5, 0.6) is 0 Å². The van der Waals surface area contributed by atoms with Crippen molar-refractivity contribution < 1.29 is 0 Å². The van der Waals surface area contributed by atoms with E-state index in [1.165, 1.54) is 6.42 Å². The average molecular weight is 412 g/mol. The van der Waals surface area contributed by atoms with Crippen LogP contribution in [0.2, 0.25) is 5.02 Å². The van der Waals surface area contributed by atoms with Gasteiger partial charge in [-0.05, 0) is 36.6 Å². The van der Waals surface area contributed by atoms with Crippen molar-refractivity contribution in [1.82, 2.24) is 14.8 Å². The van der Waals surface area contributed by atoms with Crippen molar-refractivity contribution in [2.75, 3.05) is 0 Å². The molecule has 1 aromatic carbocycles. The molecule has 0 bridgehead atoms. The first-order chi connectivity index (χ1) is 13.7. The highest BCUT2D eigenvalue weighted by Crippen LogP contribution is 2.30. The molecule has 144 valence electrons. The van der Waals surface area contributed by atoms with E-state index in [9.17, 15) is 4.79 Å². The SMILES string of the molecule is O=c1c(Cl)c(SCc2cccc(-c3ccccn3)c2)cnn1C1CCCCC1. The maximum absolute atomic E-state index is 12.7. The first-order valence-electron chi connectivity index (χ1n) is 9.63. The zero-order chi connectivity index (χ0) is 19.3. The van der Waals surface area contributed by atoms with Crippen LogP contribution in [0.25, 0.3) is 11.3 Å². The summed E-state index contributed by atoms with van der Waals surface area (Å²) in [7, 11) is 0. The summed E-state index contributed by atoms with van der Waals surface area (Å²) in [6, 6.07) is 14.4. The predicted octanol–water partition coefficient (Wildman–Crippen LogP) is 5.76. The average Bonchev–Trinajstić information content (AvgIpc) is 2.76. The first kappa shape index (κ1) is 19.2. The van der Waals surface area contributed by atoms with E-state index in [0.717, 1.165) is 53.2 Å². The molecule has 2 aromatic heterocycles. The Morgan fingerprint density at radius 2 is 1.96 bits per heavy atom. The molecule has 0 saturated heterocycles. The van der Waals surface area contributed by atoms with Crippen molar-refractivity contribution in [3.05, 3.63) is 75.8 Å². The molecule has 0 unspecified atom stereocenters. The summed E-state index contributed by atoms with van der Waals surface area (Å²) in [5.74, 6) is 0.717. The monoisotopic (exact) mass is 411 g/mol. The normalized spacial score (nSPS) is 14.9. The van der Waals surface area contributed by atoms with Crippen LogP contribution in [0.3, 0.4) is 0 Å². The van der Waals surface area contributed by atoms with Gasteiger partial charge < -0.3 is 0 Å². The third-order valence-corrected chi connectivity index (χ3v) is 6.69. The molecule has 0 spiro atoms. The van der Waals surface area contributed by atoms with Crippen LogP contribution in [-0.2, 0) is 5.75 Å². The number of nitrogens with zero attached hydrogens (tertiary/aromatic N) is 3. The number of rotatable bonds is 5. The Morgan fingerprint density at radius 1 is 1.11 bits per heavy atom. The maximum Gasteiger partial charge on any atom is 0.286 e. The fourth-order valence-corrected chi connectivity index (χ4v) is 4.77. The Kier molecular flexibility index (Phi) is 6.13. The van der Waals surface area contributed by atoms with Gasteiger partial charge in [0.25, 0.3) is 5.56 Å². The standard InChI is InChI=1S/C22H22ClN3OS/c23-21-20(14-25-26(22(21)27)18-9-2-1-3-10-18)28-15-16-7-6-8-17(13-16)19-11-4-5-12-24-19/h4-8,11-14,18H,1-3,9-10,15H2. The maximum atomic E-state index is 12.7. The Hall–Kier alpha value is -2.11. The fraction of sp³-hybridized carbons (Fsp3) is 0.318. The Morgan fingerprint density at radius 3 is 2.75 bits per heavy atom. The van der Waals surface area contributed by atoms with Gasteiger partial charge in [0.1, 0.15) is 5.02 Å². The minimum absolute atomic E-state index is 0.166. The fourth-order valence-electron chi connectivity index (χ4n) is 3.63. The van der Waals surface area contributed by atoms with Gasteiger partial charge in [-0.1, -0.05) is 55.1 Å². The van der Waals surface area contributed by atoms with Crippen molar-refractivity contribution in [1.29, 1.82) is 0 Å². The van der Waals surface area contributed by atoms with Crippen LogP contribution in [0.15, 0.2) is 64.5 Å². The number of halogens is 1. The minimum atomic E-state index is -0.166. The molecule has 4 nitrogen and oxygen atoms in total. The van der Waals surface area contributed by atoms with Crippen molar-refractivity contribution in [2.24, 2.45) is 0 Å². The molecule has 1 saturated carbocycles. The Balaban J connectivity index is 1.49. The molecule has 0 amide bonds. The van der Waals surface area contributed by atoms with Crippen LogP contribution < -0.4 is 5.56 Å². The van der Waals surface area contributed by atoms with Crippen LogP contribution in [0.4, 0.5) is 0 Å². The lowest BCUT2D eigenvalue weighted by atomic mass is 9.96. The summed E-state index contributed by atoms with van der Waals surface area (Å²) in [6.07, 6.45) is 9.10. The van der Waals surface area contributed by atoms with E-state index in [-0.39, 0.29) is 16.6 Å². The predicted molar refractivity (Wildman–Crippen MR) is 115 cm³/mol. The summed E-state index contributed by atoms with van der Waals surface area (Å²) < 4.78 is 1.59. The van der Waals surface area contributed by atoms with Gasteiger partial charge in [0.05, 0.1) is 22.8 Å². The third kappa shape index (κ3) is 4.31. The van der Waals surface area contributed by atoms with E-state index < -0.39 is 0 Å². The van der Waals surface area contributed by atoms with Gasteiger partial charge >= 0.3 is 0 Å². The van der Waals surface area contributed by atoms with Gasteiger partial charge in [-0.2, -0.15) is 5.10 Å². The quantitative estimate of drug-likeness (QED) is 0.501. The second-order valence-electron chi connectivity index (χ2n) is 7.07. The van der Waals surface area contributed by atoms with E-state index in [1.807, 2.05) is 24.3 Å². The summed E-state index contributed by atoms with van der Waals surface area (Å²) >= 11 is 7.95. The van der Waals surface area contributed by atoms with E-state index in [2.05, 4.69) is 28.3 Å². The zero-order valence-corrected chi connectivity index (χ0v) is 17.1. The van der Waals surface area contributed by atoms with E-state index in [1.54, 1.807) is 28.8 Å². The lowest BCUT2D eigenvalue weighted by Crippen LogP contribution is -2.29.